The summed E-state index contributed by atoms with van der Waals surface area (Å²) >= 11 is 0. The number of aromatic nitrogens is 2. The third-order valence-corrected chi connectivity index (χ3v) is 3.88. The first-order valence-electron chi connectivity index (χ1n) is 8.10. The molecule has 2 heterocycles. The minimum atomic E-state index is 0.768. The Morgan fingerprint density at radius 1 is 0.480 bits per heavy atom. The van der Waals surface area contributed by atoms with E-state index in [1.165, 1.54) is 0 Å². The number of hydrogen-bond donors (Lipinski definition) is 0. The van der Waals surface area contributed by atoms with E-state index in [1.807, 2.05) is 84.9 Å². The first-order valence-corrected chi connectivity index (χ1v) is 8.10. The first-order chi connectivity index (χ1) is 12.4. The third kappa shape index (κ3) is 3.26. The van der Waals surface area contributed by atoms with Gasteiger partial charge >= 0.3 is 0 Å². The van der Waals surface area contributed by atoms with Crippen molar-refractivity contribution in [1.82, 2.24) is 9.97 Å². The van der Waals surface area contributed by atoms with E-state index < -0.39 is 0 Å². The van der Waals surface area contributed by atoms with Crippen LogP contribution in [-0.2, 0) is 0 Å². The Morgan fingerprint density at radius 3 is 1.36 bits per heavy atom. The number of pyridine rings is 2. The summed E-state index contributed by atoms with van der Waals surface area (Å²) in [4.78, 5) is 8.88. The second kappa shape index (κ2) is 6.97. The molecule has 0 radical (unpaired) electrons. The zero-order valence-electron chi connectivity index (χ0n) is 13.5. The Kier molecular flexibility index (Phi) is 4.21. The van der Waals surface area contributed by atoms with Gasteiger partial charge in [-0.15, -0.1) is 0 Å². The van der Waals surface area contributed by atoms with E-state index in [1.54, 1.807) is 12.4 Å². The van der Waals surface area contributed by atoms with Crippen LogP contribution < -0.4 is 4.74 Å². The standard InChI is InChI=1S/C22H16N2O/c1-3-13-21(17(9-1)19-11-5-7-15-23-19)25-22-14-4-2-10-18(22)20-12-6-8-16-24-20/h1-16H. The molecule has 0 aliphatic carbocycles. The molecule has 4 rings (SSSR count). The molecule has 3 nitrogen and oxygen atoms in total. The summed E-state index contributed by atoms with van der Waals surface area (Å²) in [6.07, 6.45) is 3.57. The van der Waals surface area contributed by atoms with Crippen LogP contribution in [0.25, 0.3) is 22.5 Å². The molecule has 0 fully saturated rings. The van der Waals surface area contributed by atoms with E-state index in [0.717, 1.165) is 34.0 Å². The zero-order valence-corrected chi connectivity index (χ0v) is 13.5. The molecule has 0 unspecified atom stereocenters. The highest BCUT2D eigenvalue weighted by atomic mass is 16.5. The normalized spacial score (nSPS) is 10.4. The van der Waals surface area contributed by atoms with Crippen LogP contribution in [0.1, 0.15) is 0 Å². The minimum Gasteiger partial charge on any atom is -0.456 e. The van der Waals surface area contributed by atoms with Gasteiger partial charge in [0.15, 0.2) is 0 Å². The number of hydrogen-bond acceptors (Lipinski definition) is 3. The molecule has 0 spiro atoms. The van der Waals surface area contributed by atoms with Crippen LogP contribution in [0.5, 0.6) is 11.5 Å². The van der Waals surface area contributed by atoms with Crippen LogP contribution in [0.15, 0.2) is 97.3 Å². The Bertz CT molecular complexity index is 888. The molecule has 0 aliphatic rings. The van der Waals surface area contributed by atoms with E-state index >= 15 is 0 Å². The largest absolute Gasteiger partial charge is 0.456 e. The van der Waals surface area contributed by atoms with Crippen molar-refractivity contribution in [3.8, 4) is 34.0 Å². The smallest absolute Gasteiger partial charge is 0.136 e. The number of ether oxygens (including phenoxy) is 1. The summed E-state index contributed by atoms with van der Waals surface area (Å²) in [6, 6.07) is 27.6. The lowest BCUT2D eigenvalue weighted by Crippen LogP contribution is -1.92. The summed E-state index contributed by atoms with van der Waals surface area (Å²) < 4.78 is 6.27. The Morgan fingerprint density at radius 2 is 0.920 bits per heavy atom. The van der Waals surface area contributed by atoms with Crippen molar-refractivity contribution in [2.24, 2.45) is 0 Å². The van der Waals surface area contributed by atoms with Crippen molar-refractivity contribution in [2.45, 2.75) is 0 Å². The minimum absolute atomic E-state index is 0.768. The van der Waals surface area contributed by atoms with Crippen molar-refractivity contribution >= 4 is 0 Å². The van der Waals surface area contributed by atoms with E-state index in [9.17, 15) is 0 Å². The van der Waals surface area contributed by atoms with E-state index in [-0.39, 0.29) is 0 Å². The molecule has 25 heavy (non-hydrogen) atoms. The van der Waals surface area contributed by atoms with Gasteiger partial charge in [0.25, 0.3) is 0 Å². The molecular weight excluding hydrogens is 308 g/mol. The summed E-state index contributed by atoms with van der Waals surface area (Å²) in [6.45, 7) is 0. The first kappa shape index (κ1) is 15.1. The summed E-state index contributed by atoms with van der Waals surface area (Å²) in [7, 11) is 0. The Balaban J connectivity index is 1.76. The maximum Gasteiger partial charge on any atom is 0.136 e. The van der Waals surface area contributed by atoms with Crippen molar-refractivity contribution in [3.63, 3.8) is 0 Å². The molecule has 2 aromatic heterocycles. The SMILES string of the molecule is c1ccc(-c2ccccc2Oc2ccccc2-c2ccccn2)nc1. The third-order valence-electron chi connectivity index (χ3n) is 3.88. The van der Waals surface area contributed by atoms with Crippen LogP contribution in [0.4, 0.5) is 0 Å². The van der Waals surface area contributed by atoms with Gasteiger partial charge in [-0.25, -0.2) is 0 Å². The zero-order chi connectivity index (χ0) is 16.9. The molecule has 0 atom stereocenters. The molecule has 120 valence electrons. The van der Waals surface area contributed by atoms with Crippen LogP contribution in [-0.4, -0.2) is 9.97 Å². The van der Waals surface area contributed by atoms with Gasteiger partial charge in [-0.2, -0.15) is 0 Å². The fourth-order valence-corrected chi connectivity index (χ4v) is 2.70. The van der Waals surface area contributed by atoms with Crippen LogP contribution in [0.3, 0.4) is 0 Å². The Labute approximate surface area is 146 Å². The second-order valence-electron chi connectivity index (χ2n) is 5.52. The fraction of sp³-hybridized carbons (Fsp3) is 0. The number of rotatable bonds is 4. The van der Waals surface area contributed by atoms with E-state index in [4.69, 9.17) is 4.74 Å². The highest BCUT2D eigenvalue weighted by Gasteiger charge is 2.11. The maximum atomic E-state index is 6.27. The number of para-hydroxylation sites is 2. The van der Waals surface area contributed by atoms with Crippen LogP contribution in [0.2, 0.25) is 0 Å². The lowest BCUT2D eigenvalue weighted by atomic mass is 10.1. The molecule has 4 aromatic rings. The second-order valence-corrected chi connectivity index (χ2v) is 5.52. The van der Waals surface area contributed by atoms with Gasteiger partial charge in [0.2, 0.25) is 0 Å². The highest BCUT2D eigenvalue weighted by Crippen LogP contribution is 2.36. The van der Waals surface area contributed by atoms with E-state index in [2.05, 4.69) is 9.97 Å². The van der Waals surface area contributed by atoms with Crippen molar-refractivity contribution < 1.29 is 4.74 Å². The summed E-state index contributed by atoms with van der Waals surface area (Å²) in [5.74, 6) is 1.54. The highest BCUT2D eigenvalue weighted by molar-refractivity contribution is 5.71. The lowest BCUT2D eigenvalue weighted by molar-refractivity contribution is 0.486. The van der Waals surface area contributed by atoms with Gasteiger partial charge < -0.3 is 4.74 Å². The maximum absolute atomic E-state index is 6.27. The molecule has 0 bridgehead atoms. The molecule has 3 heteroatoms. The molecule has 2 aromatic carbocycles. The molecule has 0 N–H and O–H groups in total. The number of nitrogens with zero attached hydrogens (tertiary/aromatic N) is 2. The average Bonchev–Trinajstić information content (AvgIpc) is 2.70. The predicted octanol–water partition coefficient (Wildman–Crippen LogP) is 5.60. The molecule has 0 saturated carbocycles. The van der Waals surface area contributed by atoms with Gasteiger partial charge in [0.1, 0.15) is 11.5 Å². The quantitative estimate of drug-likeness (QED) is 0.490. The van der Waals surface area contributed by atoms with Crippen molar-refractivity contribution in [2.75, 3.05) is 0 Å². The molecule has 0 saturated heterocycles. The van der Waals surface area contributed by atoms with Gasteiger partial charge in [-0.05, 0) is 48.5 Å². The van der Waals surface area contributed by atoms with Gasteiger partial charge in [0, 0.05) is 23.5 Å². The van der Waals surface area contributed by atoms with Gasteiger partial charge in [-0.3, -0.25) is 9.97 Å². The summed E-state index contributed by atoms with van der Waals surface area (Å²) in [5.41, 5.74) is 3.68. The van der Waals surface area contributed by atoms with Crippen molar-refractivity contribution in [3.05, 3.63) is 97.3 Å². The van der Waals surface area contributed by atoms with Crippen LogP contribution >= 0.6 is 0 Å². The van der Waals surface area contributed by atoms with Gasteiger partial charge in [-0.1, -0.05) is 36.4 Å². The topological polar surface area (TPSA) is 35.0 Å². The number of benzene rings is 2. The summed E-state index contributed by atoms with van der Waals surface area (Å²) in [5, 5.41) is 0. The molecular formula is C22H16N2O. The average molecular weight is 324 g/mol. The van der Waals surface area contributed by atoms with Crippen LogP contribution in [0, 0.1) is 0 Å². The fourth-order valence-electron chi connectivity index (χ4n) is 2.70. The Hall–Kier alpha value is -3.46. The molecule has 0 amide bonds. The predicted molar refractivity (Wildman–Crippen MR) is 99.4 cm³/mol. The van der Waals surface area contributed by atoms with Crippen molar-refractivity contribution in [1.29, 1.82) is 0 Å². The van der Waals surface area contributed by atoms with Gasteiger partial charge in [0.05, 0.1) is 11.4 Å². The monoisotopic (exact) mass is 324 g/mol. The lowest BCUT2D eigenvalue weighted by Gasteiger charge is -2.13. The molecule has 0 aliphatic heterocycles. The van der Waals surface area contributed by atoms with E-state index in [0.29, 0.717) is 0 Å².